The van der Waals surface area contributed by atoms with Crippen molar-refractivity contribution in [2.75, 3.05) is 27.2 Å². The van der Waals surface area contributed by atoms with Gasteiger partial charge in [-0.25, -0.2) is 4.98 Å². The summed E-state index contributed by atoms with van der Waals surface area (Å²) < 4.78 is 5.28. The van der Waals surface area contributed by atoms with Gasteiger partial charge in [0.25, 0.3) is 0 Å². The highest BCUT2D eigenvalue weighted by molar-refractivity contribution is 14.0. The molecule has 7 heteroatoms. The van der Waals surface area contributed by atoms with Crippen molar-refractivity contribution in [1.29, 1.82) is 0 Å². The molecule has 1 aromatic rings. The summed E-state index contributed by atoms with van der Waals surface area (Å²) in [4.78, 5) is 11.1. The van der Waals surface area contributed by atoms with Crippen LogP contribution in [0.25, 0.3) is 0 Å². The summed E-state index contributed by atoms with van der Waals surface area (Å²) >= 11 is 0. The summed E-state index contributed by atoms with van der Waals surface area (Å²) in [6.45, 7) is 7.44. The number of nitrogens with zero attached hydrogens (tertiary/aromatic N) is 3. The molecule has 1 aliphatic heterocycles. The molecule has 0 atom stereocenters. The lowest BCUT2D eigenvalue weighted by atomic mass is 10.0. The first kappa shape index (κ1) is 21.0. The van der Waals surface area contributed by atoms with Gasteiger partial charge in [-0.1, -0.05) is 6.07 Å². The maximum Gasteiger partial charge on any atom is 0.218 e. The van der Waals surface area contributed by atoms with Crippen LogP contribution in [0.5, 0.6) is 5.88 Å². The molecule has 24 heavy (non-hydrogen) atoms. The van der Waals surface area contributed by atoms with Gasteiger partial charge in [0, 0.05) is 50.5 Å². The Kier molecular flexibility index (Phi) is 9.35. The van der Waals surface area contributed by atoms with E-state index in [0.29, 0.717) is 24.5 Å². The summed E-state index contributed by atoms with van der Waals surface area (Å²) in [5, 5.41) is 6.87. The molecule has 136 valence electrons. The zero-order valence-electron chi connectivity index (χ0n) is 15.1. The van der Waals surface area contributed by atoms with Gasteiger partial charge in [-0.05, 0) is 32.8 Å². The second-order valence-corrected chi connectivity index (χ2v) is 6.15. The fourth-order valence-electron chi connectivity index (χ4n) is 2.87. The minimum atomic E-state index is 0. The zero-order valence-corrected chi connectivity index (χ0v) is 17.4. The highest BCUT2D eigenvalue weighted by Crippen LogP contribution is 2.14. The lowest BCUT2D eigenvalue weighted by Crippen LogP contribution is -2.49. The van der Waals surface area contributed by atoms with Crippen LogP contribution in [0.4, 0.5) is 0 Å². The van der Waals surface area contributed by atoms with E-state index in [4.69, 9.17) is 4.74 Å². The molecule has 0 spiro atoms. The first-order chi connectivity index (χ1) is 11.1. The number of pyridine rings is 1. The average Bonchev–Trinajstić information content (AvgIpc) is 2.59. The maximum atomic E-state index is 5.28. The predicted octanol–water partition coefficient (Wildman–Crippen LogP) is 2.25. The van der Waals surface area contributed by atoms with E-state index in [-0.39, 0.29) is 24.0 Å². The van der Waals surface area contributed by atoms with E-state index in [1.54, 1.807) is 20.4 Å². The normalized spacial score (nSPS) is 16.6. The van der Waals surface area contributed by atoms with E-state index in [1.165, 1.54) is 0 Å². The van der Waals surface area contributed by atoms with Gasteiger partial charge in [-0.2, -0.15) is 0 Å². The lowest BCUT2D eigenvalue weighted by Gasteiger charge is -2.35. The number of ether oxygens (including phenoxy) is 1. The number of piperidine rings is 1. The first-order valence-electron chi connectivity index (χ1n) is 8.33. The van der Waals surface area contributed by atoms with Crippen molar-refractivity contribution in [2.45, 2.75) is 45.3 Å². The van der Waals surface area contributed by atoms with Crippen LogP contribution in [0.15, 0.2) is 23.3 Å². The molecule has 2 N–H and O–H groups in total. The van der Waals surface area contributed by atoms with Crippen LogP contribution in [0.3, 0.4) is 0 Å². The van der Waals surface area contributed by atoms with Crippen LogP contribution in [0, 0.1) is 0 Å². The van der Waals surface area contributed by atoms with Crippen molar-refractivity contribution in [3.05, 3.63) is 23.9 Å². The molecular formula is C17H30IN5O. The molecule has 1 aromatic heterocycles. The first-order valence-corrected chi connectivity index (χ1v) is 8.33. The van der Waals surface area contributed by atoms with Gasteiger partial charge in [-0.15, -0.1) is 24.0 Å². The number of rotatable bonds is 5. The van der Waals surface area contributed by atoms with Gasteiger partial charge >= 0.3 is 0 Å². The third-order valence-electron chi connectivity index (χ3n) is 4.31. The Morgan fingerprint density at radius 3 is 2.71 bits per heavy atom. The van der Waals surface area contributed by atoms with Crippen molar-refractivity contribution in [3.8, 4) is 5.88 Å². The Bertz CT molecular complexity index is 515. The Morgan fingerprint density at radius 2 is 2.12 bits per heavy atom. The highest BCUT2D eigenvalue weighted by atomic mass is 127. The average molecular weight is 447 g/mol. The summed E-state index contributed by atoms with van der Waals surface area (Å²) in [5.41, 5.74) is 1.02. The van der Waals surface area contributed by atoms with Gasteiger partial charge in [-0.3, -0.25) is 4.99 Å². The Balaban J connectivity index is 0.00000288. The van der Waals surface area contributed by atoms with Gasteiger partial charge in [0.1, 0.15) is 0 Å². The Morgan fingerprint density at radius 1 is 1.42 bits per heavy atom. The Labute approximate surface area is 162 Å². The van der Waals surface area contributed by atoms with E-state index >= 15 is 0 Å². The van der Waals surface area contributed by atoms with E-state index in [0.717, 1.165) is 37.5 Å². The quantitative estimate of drug-likeness (QED) is 0.412. The van der Waals surface area contributed by atoms with Gasteiger partial charge in [0.15, 0.2) is 5.96 Å². The van der Waals surface area contributed by atoms with Crippen LogP contribution >= 0.6 is 24.0 Å². The number of aliphatic imine (C=N–C) groups is 1. The second-order valence-electron chi connectivity index (χ2n) is 6.15. The van der Waals surface area contributed by atoms with Crippen molar-refractivity contribution in [2.24, 2.45) is 4.99 Å². The largest absolute Gasteiger partial charge is 0.481 e. The molecule has 0 amide bonds. The Hall–Kier alpha value is -1.09. The molecular weight excluding hydrogens is 417 g/mol. The fraction of sp³-hybridized carbons (Fsp3) is 0.647. The molecule has 0 saturated carbocycles. The van der Waals surface area contributed by atoms with Crippen molar-refractivity contribution in [1.82, 2.24) is 20.5 Å². The number of aromatic nitrogens is 1. The topological polar surface area (TPSA) is 61.8 Å². The molecule has 0 radical (unpaired) electrons. The molecule has 0 bridgehead atoms. The number of nitrogens with one attached hydrogen (secondary N) is 2. The maximum absolute atomic E-state index is 5.28. The zero-order chi connectivity index (χ0) is 16.7. The molecule has 1 fully saturated rings. The van der Waals surface area contributed by atoms with E-state index in [1.807, 2.05) is 12.1 Å². The van der Waals surface area contributed by atoms with Crippen LogP contribution in [-0.4, -0.2) is 55.2 Å². The lowest BCUT2D eigenvalue weighted by molar-refractivity contribution is 0.167. The fourth-order valence-corrected chi connectivity index (χ4v) is 2.87. The third-order valence-corrected chi connectivity index (χ3v) is 4.31. The summed E-state index contributed by atoms with van der Waals surface area (Å²) in [6.07, 6.45) is 4.03. The third kappa shape index (κ3) is 6.08. The van der Waals surface area contributed by atoms with E-state index < -0.39 is 0 Å². The number of hydrogen-bond donors (Lipinski definition) is 2. The van der Waals surface area contributed by atoms with Gasteiger partial charge < -0.3 is 20.3 Å². The smallest absolute Gasteiger partial charge is 0.218 e. The molecule has 0 aromatic carbocycles. The SMILES string of the molecule is CN=C(NCc1cccnc1OC)NC1CCN(C(C)C)CC1.I. The molecule has 1 saturated heterocycles. The van der Waals surface area contributed by atoms with Crippen LogP contribution in [0.2, 0.25) is 0 Å². The molecule has 2 heterocycles. The van der Waals surface area contributed by atoms with E-state index in [9.17, 15) is 0 Å². The number of halogens is 1. The van der Waals surface area contributed by atoms with E-state index in [2.05, 4.69) is 39.4 Å². The standard InChI is InChI=1S/C17H29N5O.HI/c1-13(2)22-10-7-15(8-11-22)21-17(18-3)20-12-14-6-5-9-19-16(14)23-4;/h5-6,9,13,15H,7-8,10-12H2,1-4H3,(H2,18,20,21);1H. The number of likely N-dealkylation sites (tertiary alicyclic amines) is 1. The molecule has 6 nitrogen and oxygen atoms in total. The summed E-state index contributed by atoms with van der Waals surface area (Å²) in [7, 11) is 3.44. The van der Waals surface area contributed by atoms with Crippen LogP contribution < -0.4 is 15.4 Å². The van der Waals surface area contributed by atoms with Crippen molar-refractivity contribution < 1.29 is 4.74 Å². The summed E-state index contributed by atoms with van der Waals surface area (Å²) in [5.74, 6) is 1.49. The van der Waals surface area contributed by atoms with Crippen LogP contribution in [0.1, 0.15) is 32.3 Å². The van der Waals surface area contributed by atoms with Crippen LogP contribution in [-0.2, 0) is 6.54 Å². The highest BCUT2D eigenvalue weighted by Gasteiger charge is 2.21. The minimum Gasteiger partial charge on any atom is -0.481 e. The van der Waals surface area contributed by atoms with Gasteiger partial charge in [0.2, 0.25) is 5.88 Å². The molecule has 0 aliphatic carbocycles. The molecule has 0 unspecified atom stereocenters. The van der Waals surface area contributed by atoms with Crippen molar-refractivity contribution >= 4 is 29.9 Å². The monoisotopic (exact) mass is 447 g/mol. The minimum absolute atomic E-state index is 0. The molecule has 2 rings (SSSR count). The second kappa shape index (κ2) is 10.7. The number of hydrogen-bond acceptors (Lipinski definition) is 4. The van der Waals surface area contributed by atoms with Gasteiger partial charge in [0.05, 0.1) is 7.11 Å². The summed E-state index contributed by atoms with van der Waals surface area (Å²) in [6, 6.07) is 5.03. The number of guanidine groups is 1. The predicted molar refractivity (Wildman–Crippen MR) is 109 cm³/mol. The van der Waals surface area contributed by atoms with Crippen molar-refractivity contribution in [3.63, 3.8) is 0 Å². The molecule has 1 aliphatic rings. The number of methoxy groups -OCH3 is 1.